The molecule has 0 bridgehead atoms. The van der Waals surface area contributed by atoms with Crippen LogP contribution in [0.4, 0.5) is 0 Å². The molecule has 2 heterocycles. The van der Waals surface area contributed by atoms with Crippen LogP contribution in [0.2, 0.25) is 0 Å². The molecule has 10 rings (SSSR count). The SMILES string of the molecule is c1ccc2c(c1)-c1ccccc1-c1cn(-c3ccc(-c4ccc(-n5c6ccccc6c6ccccc65)cc4)cc3)c3cccc-2c13. The Hall–Kier alpha value is -6.12. The van der Waals surface area contributed by atoms with Crippen LogP contribution in [0.1, 0.15) is 0 Å². The van der Waals surface area contributed by atoms with Crippen molar-refractivity contribution in [3.05, 3.63) is 170 Å². The zero-order valence-corrected chi connectivity index (χ0v) is 25.1. The number of fused-ring (bicyclic) bond motifs is 8. The number of rotatable bonds is 3. The summed E-state index contributed by atoms with van der Waals surface area (Å²) in [5.74, 6) is 0. The molecule has 0 atom stereocenters. The van der Waals surface area contributed by atoms with Gasteiger partial charge in [0.25, 0.3) is 0 Å². The molecule has 2 heteroatoms. The molecule has 2 nitrogen and oxygen atoms in total. The van der Waals surface area contributed by atoms with E-state index in [1.165, 1.54) is 82.9 Å². The topological polar surface area (TPSA) is 9.86 Å². The molecule has 214 valence electrons. The number of nitrogens with zero attached hydrogens (tertiary/aromatic N) is 2. The second-order valence-corrected chi connectivity index (χ2v) is 12.2. The van der Waals surface area contributed by atoms with E-state index in [1.54, 1.807) is 0 Å². The Morgan fingerprint density at radius 2 is 0.739 bits per heavy atom. The summed E-state index contributed by atoms with van der Waals surface area (Å²) in [7, 11) is 0. The van der Waals surface area contributed by atoms with Crippen LogP contribution in [0.3, 0.4) is 0 Å². The average Bonchev–Trinajstić information content (AvgIpc) is 3.65. The lowest BCUT2D eigenvalue weighted by Crippen LogP contribution is -1.94. The molecular formula is C44H28N2. The quantitative estimate of drug-likeness (QED) is 0.195. The third kappa shape index (κ3) is 3.59. The molecular weight excluding hydrogens is 556 g/mol. The lowest BCUT2D eigenvalue weighted by atomic mass is 9.94. The fourth-order valence-corrected chi connectivity index (χ4v) is 7.65. The standard InChI is InChI=1S/C44H28N2/c1-3-12-35-33(10-1)34-11-2-4-13-36(34)40-28-45(43-19-9-16-39(35)44(40)43)31-24-20-29(21-25-31)30-22-26-32(27-23-30)46-41-17-7-5-14-37(41)38-15-6-8-18-42(38)46/h1-28H. The molecule has 1 aliphatic rings. The first-order chi connectivity index (χ1) is 22.8. The van der Waals surface area contributed by atoms with Crippen LogP contribution >= 0.6 is 0 Å². The summed E-state index contributed by atoms with van der Waals surface area (Å²) >= 11 is 0. The number of hydrogen-bond acceptors (Lipinski definition) is 0. The molecule has 0 spiro atoms. The third-order valence-electron chi connectivity index (χ3n) is 9.74. The van der Waals surface area contributed by atoms with Gasteiger partial charge in [0, 0.05) is 39.3 Å². The van der Waals surface area contributed by atoms with Gasteiger partial charge in [-0.1, -0.05) is 121 Å². The summed E-state index contributed by atoms with van der Waals surface area (Å²) in [6.07, 6.45) is 2.33. The average molecular weight is 585 g/mol. The van der Waals surface area contributed by atoms with Gasteiger partial charge < -0.3 is 9.13 Å². The Bertz CT molecular complexity index is 2560. The Balaban J connectivity index is 1.06. The monoisotopic (exact) mass is 584 g/mol. The van der Waals surface area contributed by atoms with E-state index < -0.39 is 0 Å². The number of hydrogen-bond donors (Lipinski definition) is 0. The van der Waals surface area contributed by atoms with E-state index in [9.17, 15) is 0 Å². The van der Waals surface area contributed by atoms with Crippen molar-refractivity contribution >= 4 is 32.7 Å². The van der Waals surface area contributed by atoms with Crippen LogP contribution in [0.15, 0.2) is 170 Å². The van der Waals surface area contributed by atoms with Gasteiger partial charge in [-0.2, -0.15) is 0 Å². The number of para-hydroxylation sites is 2. The molecule has 46 heavy (non-hydrogen) atoms. The Morgan fingerprint density at radius 3 is 1.33 bits per heavy atom. The summed E-state index contributed by atoms with van der Waals surface area (Å²) < 4.78 is 4.72. The van der Waals surface area contributed by atoms with Crippen LogP contribution in [0.5, 0.6) is 0 Å². The summed E-state index contributed by atoms with van der Waals surface area (Å²) in [5, 5.41) is 3.87. The molecule has 0 saturated carbocycles. The van der Waals surface area contributed by atoms with Crippen molar-refractivity contribution in [1.29, 1.82) is 0 Å². The minimum Gasteiger partial charge on any atom is -0.316 e. The predicted molar refractivity (Wildman–Crippen MR) is 193 cm³/mol. The van der Waals surface area contributed by atoms with E-state index in [0.29, 0.717) is 0 Å². The molecule has 1 aliphatic carbocycles. The molecule has 0 saturated heterocycles. The highest BCUT2D eigenvalue weighted by Crippen LogP contribution is 2.48. The highest BCUT2D eigenvalue weighted by molar-refractivity contribution is 6.13. The maximum Gasteiger partial charge on any atom is 0.0541 e. The van der Waals surface area contributed by atoms with E-state index in [4.69, 9.17) is 0 Å². The summed E-state index contributed by atoms with van der Waals surface area (Å²) in [4.78, 5) is 0. The van der Waals surface area contributed by atoms with Gasteiger partial charge in [-0.15, -0.1) is 0 Å². The largest absolute Gasteiger partial charge is 0.316 e. The van der Waals surface area contributed by atoms with Gasteiger partial charge in [0.1, 0.15) is 0 Å². The van der Waals surface area contributed by atoms with Crippen molar-refractivity contribution in [2.75, 3.05) is 0 Å². The number of aromatic nitrogens is 2. The van der Waals surface area contributed by atoms with Crippen LogP contribution in [0, 0.1) is 0 Å². The fraction of sp³-hybridized carbons (Fsp3) is 0. The van der Waals surface area contributed by atoms with Crippen LogP contribution in [-0.4, -0.2) is 9.13 Å². The second kappa shape index (κ2) is 9.69. The van der Waals surface area contributed by atoms with Gasteiger partial charge >= 0.3 is 0 Å². The minimum absolute atomic E-state index is 1.16. The summed E-state index contributed by atoms with van der Waals surface area (Å²) in [5.41, 5.74) is 16.1. The van der Waals surface area contributed by atoms with Crippen LogP contribution in [-0.2, 0) is 0 Å². The van der Waals surface area contributed by atoms with Crippen molar-refractivity contribution in [2.24, 2.45) is 0 Å². The second-order valence-electron chi connectivity index (χ2n) is 12.2. The molecule has 0 radical (unpaired) electrons. The zero-order valence-electron chi connectivity index (χ0n) is 25.1. The maximum absolute atomic E-state index is 2.37. The molecule has 9 aromatic rings. The van der Waals surface area contributed by atoms with Crippen molar-refractivity contribution in [2.45, 2.75) is 0 Å². The molecule has 7 aromatic carbocycles. The molecule has 2 aromatic heterocycles. The van der Waals surface area contributed by atoms with Gasteiger partial charge in [-0.25, -0.2) is 0 Å². The van der Waals surface area contributed by atoms with E-state index in [0.717, 1.165) is 5.69 Å². The first-order valence-electron chi connectivity index (χ1n) is 15.9. The van der Waals surface area contributed by atoms with E-state index in [1.807, 2.05) is 0 Å². The van der Waals surface area contributed by atoms with Crippen LogP contribution in [0.25, 0.3) is 88.6 Å². The van der Waals surface area contributed by atoms with Gasteiger partial charge in [0.05, 0.1) is 16.6 Å². The molecule has 0 fully saturated rings. The van der Waals surface area contributed by atoms with Gasteiger partial charge in [0.15, 0.2) is 0 Å². The smallest absolute Gasteiger partial charge is 0.0541 e. The Morgan fingerprint density at radius 1 is 0.304 bits per heavy atom. The Labute approximate surface area is 267 Å². The van der Waals surface area contributed by atoms with E-state index in [-0.39, 0.29) is 0 Å². The first-order valence-corrected chi connectivity index (χ1v) is 15.9. The van der Waals surface area contributed by atoms with Gasteiger partial charge in [-0.05, 0) is 81.4 Å². The predicted octanol–water partition coefficient (Wildman–Crippen LogP) is 11.7. The van der Waals surface area contributed by atoms with E-state index >= 15 is 0 Å². The molecule has 0 amide bonds. The molecule has 0 aliphatic heterocycles. The highest BCUT2D eigenvalue weighted by Gasteiger charge is 2.23. The van der Waals surface area contributed by atoms with Gasteiger partial charge in [0.2, 0.25) is 0 Å². The van der Waals surface area contributed by atoms with Crippen molar-refractivity contribution in [3.8, 4) is 55.9 Å². The number of benzene rings is 7. The first kappa shape index (κ1) is 25.2. The maximum atomic E-state index is 2.37. The van der Waals surface area contributed by atoms with Crippen molar-refractivity contribution < 1.29 is 0 Å². The third-order valence-corrected chi connectivity index (χ3v) is 9.74. The van der Waals surface area contributed by atoms with Crippen molar-refractivity contribution in [3.63, 3.8) is 0 Å². The van der Waals surface area contributed by atoms with Crippen molar-refractivity contribution in [1.82, 2.24) is 9.13 Å². The highest BCUT2D eigenvalue weighted by atomic mass is 15.0. The summed E-state index contributed by atoms with van der Waals surface area (Å²) in [6.45, 7) is 0. The molecule has 0 N–H and O–H groups in total. The normalized spacial score (nSPS) is 11.9. The summed E-state index contributed by atoms with van der Waals surface area (Å²) in [6, 6.07) is 59.6. The van der Waals surface area contributed by atoms with Gasteiger partial charge in [-0.3, -0.25) is 0 Å². The lowest BCUT2D eigenvalue weighted by Gasteiger charge is -2.12. The Kier molecular flexibility index (Phi) is 5.31. The zero-order chi connectivity index (χ0) is 30.2. The fourth-order valence-electron chi connectivity index (χ4n) is 7.65. The minimum atomic E-state index is 1.16. The van der Waals surface area contributed by atoms with E-state index in [2.05, 4.69) is 179 Å². The molecule has 0 unspecified atom stereocenters. The lowest BCUT2D eigenvalue weighted by molar-refractivity contribution is 1.13. The van der Waals surface area contributed by atoms with Crippen LogP contribution < -0.4 is 0 Å².